The van der Waals surface area contributed by atoms with E-state index in [0.717, 1.165) is 17.5 Å². The number of nitrogens with one attached hydrogen (secondary N) is 1. The quantitative estimate of drug-likeness (QED) is 0.885. The number of anilines is 1. The summed E-state index contributed by atoms with van der Waals surface area (Å²) in [7, 11) is -3.95. The Morgan fingerprint density at radius 3 is 2.60 bits per heavy atom. The van der Waals surface area contributed by atoms with E-state index >= 15 is 0 Å². The molecule has 0 atom stereocenters. The van der Waals surface area contributed by atoms with Crippen LogP contribution in [0.15, 0.2) is 22.7 Å². The van der Waals surface area contributed by atoms with Crippen LogP contribution in [0.25, 0.3) is 0 Å². The number of carboxylic acid groups (broad SMARTS) is 1. The number of carboxylic acids is 1. The van der Waals surface area contributed by atoms with Crippen LogP contribution in [-0.4, -0.2) is 29.5 Å². The van der Waals surface area contributed by atoms with Crippen molar-refractivity contribution in [3.8, 4) is 0 Å². The van der Waals surface area contributed by atoms with Crippen LogP contribution in [0.1, 0.15) is 16.1 Å². The Bertz CT molecular complexity index is 753. The van der Waals surface area contributed by atoms with Crippen molar-refractivity contribution in [1.29, 1.82) is 0 Å². The van der Waals surface area contributed by atoms with Gasteiger partial charge in [-0.3, -0.25) is 4.72 Å². The summed E-state index contributed by atoms with van der Waals surface area (Å²) in [6, 6.07) is 1.39. The van der Waals surface area contributed by atoms with Crippen LogP contribution >= 0.6 is 22.9 Å². The topological polar surface area (TPSA) is 109 Å². The van der Waals surface area contributed by atoms with Crippen molar-refractivity contribution in [2.24, 2.45) is 0 Å². The number of rotatable bonds is 4. The number of nitrogens with zero attached hydrogens (tertiary/aromatic N) is 2. The third kappa shape index (κ3) is 2.89. The molecule has 0 aliphatic rings. The molecule has 0 amide bonds. The van der Waals surface area contributed by atoms with E-state index < -0.39 is 21.7 Å². The minimum absolute atomic E-state index is 0.0259. The molecule has 2 aromatic rings. The van der Waals surface area contributed by atoms with Crippen molar-refractivity contribution in [2.45, 2.75) is 11.1 Å². The highest BCUT2D eigenvalue weighted by molar-refractivity contribution is 7.94. The first-order valence-corrected chi connectivity index (χ1v) is 7.82. The largest absolute Gasteiger partial charge is 0.476 e. The molecule has 7 nitrogen and oxygen atoms in total. The smallest absolute Gasteiger partial charge is 0.358 e. The number of halogens is 1. The third-order valence-corrected chi connectivity index (χ3v) is 5.60. The van der Waals surface area contributed by atoms with E-state index in [2.05, 4.69) is 14.7 Å². The highest BCUT2D eigenvalue weighted by atomic mass is 35.5. The van der Waals surface area contributed by atoms with Gasteiger partial charge in [-0.2, -0.15) is 0 Å². The second-order valence-electron chi connectivity index (χ2n) is 3.69. The Morgan fingerprint density at radius 2 is 2.05 bits per heavy atom. The lowest BCUT2D eigenvalue weighted by Crippen LogP contribution is -2.16. The zero-order chi connectivity index (χ0) is 14.9. The van der Waals surface area contributed by atoms with Gasteiger partial charge in [0.2, 0.25) is 0 Å². The van der Waals surface area contributed by atoms with Gasteiger partial charge in [-0.15, -0.1) is 11.3 Å². The fourth-order valence-corrected chi connectivity index (χ4v) is 4.03. The van der Waals surface area contributed by atoms with E-state index in [9.17, 15) is 13.2 Å². The van der Waals surface area contributed by atoms with E-state index in [1.165, 1.54) is 12.3 Å². The van der Waals surface area contributed by atoms with Crippen LogP contribution in [0.3, 0.4) is 0 Å². The molecule has 0 spiro atoms. The Hall–Kier alpha value is -1.71. The highest BCUT2D eigenvalue weighted by Gasteiger charge is 2.22. The molecule has 10 heteroatoms. The first-order valence-electron chi connectivity index (χ1n) is 5.14. The number of hydrogen-bond acceptors (Lipinski definition) is 6. The molecule has 0 saturated carbocycles. The normalized spacial score (nSPS) is 11.3. The van der Waals surface area contributed by atoms with E-state index in [-0.39, 0.29) is 10.0 Å². The molecule has 106 valence electrons. The molecule has 0 aromatic carbocycles. The summed E-state index contributed by atoms with van der Waals surface area (Å²) in [6.07, 6.45) is 2.35. The lowest BCUT2D eigenvalue weighted by molar-refractivity contribution is 0.0691. The van der Waals surface area contributed by atoms with Crippen molar-refractivity contribution in [1.82, 2.24) is 9.97 Å². The van der Waals surface area contributed by atoms with Gasteiger partial charge < -0.3 is 5.11 Å². The van der Waals surface area contributed by atoms with Crippen molar-refractivity contribution in [3.63, 3.8) is 0 Å². The van der Waals surface area contributed by atoms with Crippen LogP contribution in [0.5, 0.6) is 0 Å². The van der Waals surface area contributed by atoms with Gasteiger partial charge in [-0.05, 0) is 18.6 Å². The number of carbonyl (C=O) groups is 1. The van der Waals surface area contributed by atoms with Crippen LogP contribution in [0, 0.1) is 6.92 Å². The van der Waals surface area contributed by atoms with E-state index in [4.69, 9.17) is 16.7 Å². The number of thiophene rings is 1. The molecule has 0 radical (unpaired) electrons. The summed E-state index contributed by atoms with van der Waals surface area (Å²) < 4.78 is 26.7. The molecule has 20 heavy (non-hydrogen) atoms. The van der Waals surface area contributed by atoms with Crippen molar-refractivity contribution >= 4 is 44.7 Å². The van der Waals surface area contributed by atoms with Crippen molar-refractivity contribution < 1.29 is 18.3 Å². The molecular weight excluding hydrogens is 326 g/mol. The molecule has 2 N–H and O–H groups in total. The maximum absolute atomic E-state index is 12.1. The van der Waals surface area contributed by atoms with Gasteiger partial charge in [0.15, 0.2) is 11.5 Å². The number of hydrogen-bond donors (Lipinski definition) is 2. The van der Waals surface area contributed by atoms with Crippen LogP contribution in [0.4, 0.5) is 5.82 Å². The fraction of sp³-hybridized carbons (Fsp3) is 0.100. The Kier molecular flexibility index (Phi) is 3.93. The Morgan fingerprint density at radius 1 is 1.40 bits per heavy atom. The van der Waals surface area contributed by atoms with Crippen LogP contribution < -0.4 is 4.72 Å². The number of aromatic carboxylic acids is 1. The summed E-state index contributed by atoms with van der Waals surface area (Å²) in [6.45, 7) is 1.67. The number of aromatic nitrogens is 2. The van der Waals surface area contributed by atoms with Crippen molar-refractivity contribution in [2.75, 3.05) is 4.72 Å². The van der Waals surface area contributed by atoms with Crippen LogP contribution in [-0.2, 0) is 10.0 Å². The minimum atomic E-state index is -3.95. The van der Waals surface area contributed by atoms with Gasteiger partial charge in [0.05, 0.1) is 4.34 Å². The fourth-order valence-electron chi connectivity index (χ4n) is 1.31. The van der Waals surface area contributed by atoms with Gasteiger partial charge in [-0.1, -0.05) is 11.6 Å². The van der Waals surface area contributed by atoms with Gasteiger partial charge >= 0.3 is 5.97 Å². The molecular formula is C10H8ClN3O4S2. The van der Waals surface area contributed by atoms with Crippen LogP contribution in [0.2, 0.25) is 4.34 Å². The molecule has 0 aliphatic heterocycles. The molecule has 0 saturated heterocycles. The monoisotopic (exact) mass is 333 g/mol. The Balaban J connectivity index is 2.41. The van der Waals surface area contributed by atoms with Gasteiger partial charge in [0, 0.05) is 12.4 Å². The average molecular weight is 334 g/mol. The summed E-state index contributed by atoms with van der Waals surface area (Å²) in [4.78, 5) is 18.2. The summed E-state index contributed by atoms with van der Waals surface area (Å²) in [5, 5.41) is 8.93. The van der Waals surface area contributed by atoms with Gasteiger partial charge in [0.1, 0.15) is 4.21 Å². The summed E-state index contributed by atoms with van der Waals surface area (Å²) in [5.74, 6) is -1.72. The molecule has 0 bridgehead atoms. The molecule has 0 unspecified atom stereocenters. The third-order valence-electron chi connectivity index (χ3n) is 2.23. The molecule has 2 rings (SSSR count). The average Bonchev–Trinajstić information content (AvgIpc) is 2.70. The first kappa shape index (κ1) is 14.7. The molecule has 2 heterocycles. The maximum Gasteiger partial charge on any atom is 0.358 e. The molecule has 0 fully saturated rings. The summed E-state index contributed by atoms with van der Waals surface area (Å²) >= 11 is 6.70. The predicted molar refractivity (Wildman–Crippen MR) is 73.9 cm³/mol. The van der Waals surface area contributed by atoms with E-state index in [0.29, 0.717) is 9.90 Å². The second-order valence-corrected chi connectivity index (χ2v) is 7.25. The number of sulfonamides is 1. The lowest BCUT2D eigenvalue weighted by Gasteiger charge is -2.06. The SMILES string of the molecule is Cc1cc(S(=O)(=O)Nc2nccnc2C(=O)O)sc1Cl. The van der Waals surface area contributed by atoms with E-state index in [1.54, 1.807) is 6.92 Å². The van der Waals surface area contributed by atoms with E-state index in [1.807, 2.05) is 0 Å². The predicted octanol–water partition coefficient (Wildman–Crippen LogP) is 2.00. The lowest BCUT2D eigenvalue weighted by atomic mass is 10.4. The molecule has 0 aliphatic carbocycles. The second kappa shape index (κ2) is 5.35. The zero-order valence-corrected chi connectivity index (χ0v) is 12.4. The minimum Gasteiger partial charge on any atom is -0.476 e. The van der Waals surface area contributed by atoms with Gasteiger partial charge in [-0.25, -0.2) is 23.2 Å². The maximum atomic E-state index is 12.1. The van der Waals surface area contributed by atoms with Crippen molar-refractivity contribution in [3.05, 3.63) is 34.1 Å². The van der Waals surface area contributed by atoms with Gasteiger partial charge in [0.25, 0.3) is 10.0 Å². The zero-order valence-electron chi connectivity index (χ0n) is 9.99. The molecule has 2 aromatic heterocycles. The standard InChI is InChI=1S/C10H8ClN3O4S2/c1-5-4-6(19-8(5)11)20(17,18)14-9-7(10(15)16)12-2-3-13-9/h2-4H,1H3,(H,13,14)(H,15,16). The Labute approximate surface area is 123 Å². The highest BCUT2D eigenvalue weighted by Crippen LogP contribution is 2.31. The summed E-state index contributed by atoms with van der Waals surface area (Å²) in [5.41, 5.74) is 0.144. The number of aryl methyl sites for hydroxylation is 1. The first-order chi connectivity index (χ1) is 9.31.